The zero-order valence-corrected chi connectivity index (χ0v) is 36.7. The Hall–Kier alpha value is -5.70. The van der Waals surface area contributed by atoms with E-state index in [-0.39, 0.29) is 38.2 Å². The van der Waals surface area contributed by atoms with Crippen LogP contribution in [0.1, 0.15) is 29.8 Å². The molecule has 0 aliphatic heterocycles. The first-order chi connectivity index (χ1) is 29.1. The number of rotatable bonds is 20. The Balaban J connectivity index is 1.80. The van der Waals surface area contributed by atoms with Gasteiger partial charge in [-0.25, -0.2) is 38.4 Å². The topological polar surface area (TPSA) is 419 Å². The van der Waals surface area contributed by atoms with E-state index >= 15 is 0 Å². The second kappa shape index (κ2) is 19.4. The molecule has 4 rings (SSSR count). The number of nitrogens with zero attached hydrogens (tertiary/aromatic N) is 6. The van der Waals surface area contributed by atoms with Crippen LogP contribution in [-0.4, -0.2) is 92.7 Å². The van der Waals surface area contributed by atoms with Gasteiger partial charge < -0.3 is 22.3 Å². The number of hydrogen-bond donors (Lipinski definition) is 6. The van der Waals surface area contributed by atoms with Crippen LogP contribution in [0, 0.1) is 0 Å². The van der Waals surface area contributed by atoms with Crippen molar-refractivity contribution in [1.29, 1.82) is 0 Å². The van der Waals surface area contributed by atoms with E-state index in [9.17, 15) is 52.0 Å². The molecule has 30 heteroatoms. The molecular weight excluding hydrogens is 939 g/mol. The van der Waals surface area contributed by atoms with Crippen LogP contribution >= 0.6 is 0 Å². The Bertz CT molecular complexity index is 3040. The minimum Gasteiger partial charge on any atom is -0.478 e. The summed E-state index contributed by atoms with van der Waals surface area (Å²) < 4.78 is 144. The number of carboxylic acids is 1. The molecular formula is C33H37N9O16S5. The summed E-state index contributed by atoms with van der Waals surface area (Å²) in [7, 11) is -21.8. The second-order valence-corrected chi connectivity index (χ2v) is 21.9. The standard InChI is InChI=1S/C33H37N9O16S5/c1-3-61(49,50)33(2,36)20-4-6-21(7-5-20)37-40-29-26(32(43)44)30(41-38-22-8-12-24(13-9-22)59(45,46)18-16-57-62(51,52)53)28(35)31(27(29)34)42-39-23-10-14-25(15-11-23)60(47,48)19-17-58-63(54,55)56/h4-15H,3,16-19,34-36H2,1-2H3,(H,43,44)(H,51,52,53)(H,54,55,56). The number of carboxylic acid groups (broad SMARTS) is 1. The highest BCUT2D eigenvalue weighted by Gasteiger charge is 2.35. The Morgan fingerprint density at radius 1 is 0.587 bits per heavy atom. The van der Waals surface area contributed by atoms with Crippen LogP contribution in [0.25, 0.3) is 0 Å². The number of aromatic carboxylic acids is 1. The molecule has 0 fully saturated rings. The molecule has 0 bridgehead atoms. The summed E-state index contributed by atoms with van der Waals surface area (Å²) in [6.07, 6.45) is 0. The molecule has 0 spiro atoms. The second-order valence-electron chi connectivity index (χ2n) is 12.8. The van der Waals surface area contributed by atoms with E-state index in [1.807, 2.05) is 0 Å². The van der Waals surface area contributed by atoms with Crippen molar-refractivity contribution in [2.75, 3.05) is 41.9 Å². The van der Waals surface area contributed by atoms with Gasteiger partial charge in [0.2, 0.25) is 0 Å². The van der Waals surface area contributed by atoms with E-state index in [1.165, 1.54) is 50.2 Å². The van der Waals surface area contributed by atoms with Crippen molar-refractivity contribution in [2.45, 2.75) is 28.5 Å². The van der Waals surface area contributed by atoms with Crippen molar-refractivity contribution in [2.24, 2.45) is 36.4 Å². The molecule has 63 heavy (non-hydrogen) atoms. The van der Waals surface area contributed by atoms with Crippen LogP contribution in [0.4, 0.5) is 45.5 Å². The molecule has 4 aromatic carbocycles. The monoisotopic (exact) mass is 975 g/mol. The Morgan fingerprint density at radius 2 is 0.921 bits per heavy atom. The number of anilines is 2. The highest BCUT2D eigenvalue weighted by Crippen LogP contribution is 2.49. The molecule has 4 aromatic rings. The molecule has 1 unspecified atom stereocenters. The first kappa shape index (κ1) is 50.0. The van der Waals surface area contributed by atoms with Gasteiger partial charge in [-0.05, 0) is 73.2 Å². The summed E-state index contributed by atoms with van der Waals surface area (Å²) >= 11 is 0. The van der Waals surface area contributed by atoms with Gasteiger partial charge in [-0.2, -0.15) is 32.2 Å². The van der Waals surface area contributed by atoms with Crippen LogP contribution in [0.5, 0.6) is 0 Å². The zero-order chi connectivity index (χ0) is 47.2. The van der Waals surface area contributed by atoms with Crippen LogP contribution in [0.15, 0.2) is 113 Å². The summed E-state index contributed by atoms with van der Waals surface area (Å²) in [5.41, 5.74) is 15.7. The Morgan fingerprint density at radius 3 is 1.24 bits per heavy atom. The van der Waals surface area contributed by atoms with Crippen LogP contribution in [-0.2, 0) is 63.5 Å². The highest BCUT2D eigenvalue weighted by molar-refractivity contribution is 7.92. The quantitative estimate of drug-likeness (QED) is 0.0402. The Kier molecular flexibility index (Phi) is 15.4. The number of carbonyl (C=O) groups is 1. The van der Waals surface area contributed by atoms with Crippen LogP contribution in [0.3, 0.4) is 0 Å². The number of nitrogens with two attached hydrogens (primary N) is 3. The first-order valence-corrected chi connectivity index (χ1v) is 25.0. The van der Waals surface area contributed by atoms with Crippen molar-refractivity contribution < 1.29 is 69.5 Å². The SMILES string of the molecule is CCS(=O)(=O)C(C)(N)c1ccc(N=Nc2c(N)c(N=Nc3ccc(S(=O)(=O)CCOS(=O)(=O)O)cc3)c(N)c(N=Nc3ccc(S(=O)(=O)CCOS(=O)(=O)O)cc3)c2C(=O)O)cc1. The molecule has 0 radical (unpaired) electrons. The third-order valence-corrected chi connectivity index (χ3v) is 15.1. The number of benzene rings is 4. The maximum absolute atomic E-state index is 12.8. The molecule has 0 aliphatic carbocycles. The molecule has 340 valence electrons. The van der Waals surface area contributed by atoms with E-state index in [0.717, 1.165) is 36.4 Å². The van der Waals surface area contributed by atoms with Gasteiger partial charge in [-0.3, -0.25) is 9.11 Å². The van der Waals surface area contributed by atoms with E-state index in [0.29, 0.717) is 0 Å². The number of sulfone groups is 3. The fourth-order valence-corrected chi connectivity index (χ4v) is 9.18. The summed E-state index contributed by atoms with van der Waals surface area (Å²) in [5, 5.41) is 34.4. The van der Waals surface area contributed by atoms with Gasteiger partial charge in [0, 0.05) is 5.75 Å². The molecule has 0 aliphatic rings. The molecule has 0 heterocycles. The smallest absolute Gasteiger partial charge is 0.397 e. The van der Waals surface area contributed by atoms with Crippen molar-refractivity contribution in [1.82, 2.24) is 0 Å². The maximum Gasteiger partial charge on any atom is 0.397 e. The predicted molar refractivity (Wildman–Crippen MR) is 224 cm³/mol. The lowest BCUT2D eigenvalue weighted by molar-refractivity contribution is 0.0698. The maximum atomic E-state index is 12.8. The van der Waals surface area contributed by atoms with Gasteiger partial charge in [0.05, 0.1) is 62.9 Å². The zero-order valence-electron chi connectivity index (χ0n) is 32.6. The van der Waals surface area contributed by atoms with Gasteiger partial charge >= 0.3 is 26.8 Å². The summed E-state index contributed by atoms with van der Waals surface area (Å²) in [6.45, 7) is 0.988. The van der Waals surface area contributed by atoms with Crippen molar-refractivity contribution in [3.63, 3.8) is 0 Å². The average Bonchev–Trinajstić information content (AvgIpc) is 3.19. The van der Waals surface area contributed by atoms with E-state index in [4.69, 9.17) is 26.3 Å². The van der Waals surface area contributed by atoms with Gasteiger partial charge in [-0.15, -0.1) is 15.3 Å². The molecule has 0 amide bonds. The molecule has 0 saturated carbocycles. The number of hydrogen-bond acceptors (Lipinski definition) is 22. The number of azo groups is 3. The third-order valence-electron chi connectivity index (χ3n) is 8.53. The minimum atomic E-state index is -4.90. The van der Waals surface area contributed by atoms with Gasteiger partial charge in [0.1, 0.15) is 27.5 Å². The fourth-order valence-electron chi connectivity index (χ4n) is 5.10. The van der Waals surface area contributed by atoms with E-state index < -0.39 is 120 Å². The van der Waals surface area contributed by atoms with Crippen molar-refractivity contribution >= 4 is 102 Å². The molecule has 25 nitrogen and oxygen atoms in total. The average molecular weight is 976 g/mol. The first-order valence-electron chi connectivity index (χ1n) is 17.3. The molecule has 9 N–H and O–H groups in total. The summed E-state index contributed by atoms with van der Waals surface area (Å²) in [5.74, 6) is -3.58. The Labute approximate surface area is 360 Å². The lowest BCUT2D eigenvalue weighted by Gasteiger charge is -2.24. The van der Waals surface area contributed by atoms with Crippen molar-refractivity contribution in [3.8, 4) is 0 Å². The van der Waals surface area contributed by atoms with Crippen LogP contribution < -0.4 is 17.2 Å². The molecule has 1 atom stereocenters. The van der Waals surface area contributed by atoms with Gasteiger partial charge in [0.25, 0.3) is 0 Å². The highest BCUT2D eigenvalue weighted by atomic mass is 32.3. The van der Waals surface area contributed by atoms with Gasteiger partial charge in [0.15, 0.2) is 29.5 Å². The fraction of sp³-hybridized carbons (Fsp3) is 0.242. The lowest BCUT2D eigenvalue weighted by atomic mass is 10.1. The summed E-state index contributed by atoms with van der Waals surface area (Å²) in [6, 6.07) is 14.5. The van der Waals surface area contributed by atoms with E-state index in [1.54, 1.807) is 0 Å². The predicted octanol–water partition coefficient (Wildman–Crippen LogP) is 4.55. The molecule has 0 saturated heterocycles. The summed E-state index contributed by atoms with van der Waals surface area (Å²) in [4.78, 5) is 10.4. The van der Waals surface area contributed by atoms with Crippen LogP contribution in [0.2, 0.25) is 0 Å². The van der Waals surface area contributed by atoms with Crippen molar-refractivity contribution in [3.05, 3.63) is 83.9 Å². The number of nitrogen functional groups attached to an aromatic ring is 2. The largest absolute Gasteiger partial charge is 0.478 e. The van der Waals surface area contributed by atoms with E-state index in [2.05, 4.69) is 39.1 Å². The normalized spacial score (nSPS) is 14.1. The van der Waals surface area contributed by atoms with Gasteiger partial charge in [-0.1, -0.05) is 19.1 Å². The minimum absolute atomic E-state index is 0.00716. The third kappa shape index (κ3) is 12.9. The lowest BCUT2D eigenvalue weighted by Crippen LogP contribution is -2.42. The molecule has 0 aromatic heterocycles.